The smallest absolute Gasteiger partial charge is 0.171 e. The van der Waals surface area contributed by atoms with Gasteiger partial charge in [0.2, 0.25) is 0 Å². The number of benzene rings is 1. The monoisotopic (exact) mass is 292 g/mol. The van der Waals surface area contributed by atoms with E-state index < -0.39 is 0 Å². The summed E-state index contributed by atoms with van der Waals surface area (Å²) in [6.45, 7) is 0.829. The highest BCUT2D eigenvalue weighted by molar-refractivity contribution is 9.10. The molecule has 1 N–H and O–H groups in total. The van der Waals surface area contributed by atoms with Crippen molar-refractivity contribution in [2.24, 2.45) is 0 Å². The molecule has 1 aromatic carbocycles. The number of nitrogens with one attached hydrogen (secondary N) is 1. The fraction of sp³-hybridized carbons (Fsp3) is 0.308. The molecule has 4 heteroatoms. The Morgan fingerprint density at radius 2 is 2.29 bits per heavy atom. The molecule has 3 nitrogen and oxygen atoms in total. The van der Waals surface area contributed by atoms with Crippen molar-refractivity contribution in [3.63, 3.8) is 0 Å². The molecule has 17 heavy (non-hydrogen) atoms. The molecule has 1 aliphatic rings. The van der Waals surface area contributed by atoms with Crippen LogP contribution in [0.3, 0.4) is 0 Å². The van der Waals surface area contributed by atoms with Crippen LogP contribution in [0.1, 0.15) is 18.4 Å². The highest BCUT2D eigenvalue weighted by atomic mass is 79.9. The summed E-state index contributed by atoms with van der Waals surface area (Å²) in [6, 6.07) is 8.77. The summed E-state index contributed by atoms with van der Waals surface area (Å²) in [7, 11) is 0. The van der Waals surface area contributed by atoms with E-state index in [9.17, 15) is 0 Å². The Balaban J connectivity index is 1.83. The molecular weight excluding hydrogens is 280 g/mol. The van der Waals surface area contributed by atoms with E-state index in [2.05, 4.69) is 26.4 Å². The lowest BCUT2D eigenvalue weighted by molar-refractivity contribution is 0.431. The molecule has 0 radical (unpaired) electrons. The quantitative estimate of drug-likeness (QED) is 0.939. The van der Waals surface area contributed by atoms with Gasteiger partial charge >= 0.3 is 0 Å². The minimum atomic E-state index is 0.695. The largest absolute Gasteiger partial charge is 0.356 e. The lowest BCUT2D eigenvalue weighted by Gasteiger charge is -2.03. The molecule has 0 bridgehead atoms. The molecule has 0 aliphatic heterocycles. The van der Waals surface area contributed by atoms with Gasteiger partial charge in [-0.3, -0.25) is 0 Å². The van der Waals surface area contributed by atoms with Gasteiger partial charge in [0.15, 0.2) is 5.76 Å². The van der Waals surface area contributed by atoms with Gasteiger partial charge in [-0.25, -0.2) is 0 Å². The summed E-state index contributed by atoms with van der Waals surface area (Å²) in [5.74, 6) is 0.861. The van der Waals surface area contributed by atoms with Gasteiger partial charge in [-0.05, 0) is 25.0 Å². The summed E-state index contributed by atoms with van der Waals surface area (Å²) < 4.78 is 6.40. The zero-order valence-electron chi connectivity index (χ0n) is 9.32. The first-order valence-corrected chi connectivity index (χ1v) is 6.55. The van der Waals surface area contributed by atoms with Crippen molar-refractivity contribution in [2.45, 2.75) is 25.4 Å². The Bertz CT molecular complexity index is 520. The summed E-state index contributed by atoms with van der Waals surface area (Å²) in [4.78, 5) is 0. The highest BCUT2D eigenvalue weighted by Gasteiger charge is 2.21. The molecule has 88 valence electrons. The fourth-order valence-corrected chi connectivity index (χ4v) is 2.19. The van der Waals surface area contributed by atoms with Crippen LogP contribution >= 0.6 is 15.9 Å². The predicted octanol–water partition coefficient (Wildman–Crippen LogP) is 3.36. The molecule has 0 saturated heterocycles. The average Bonchev–Trinajstić information content (AvgIpc) is 3.04. The van der Waals surface area contributed by atoms with Gasteiger partial charge in [0.1, 0.15) is 0 Å². The van der Waals surface area contributed by atoms with Crippen molar-refractivity contribution < 1.29 is 4.52 Å². The Morgan fingerprint density at radius 3 is 3.06 bits per heavy atom. The average molecular weight is 293 g/mol. The lowest BCUT2D eigenvalue weighted by atomic mass is 10.1. The van der Waals surface area contributed by atoms with Crippen LogP contribution in [-0.4, -0.2) is 11.2 Å². The van der Waals surface area contributed by atoms with Crippen LogP contribution in [0.15, 0.2) is 39.5 Å². The summed E-state index contributed by atoms with van der Waals surface area (Å²) >= 11 is 3.47. The van der Waals surface area contributed by atoms with E-state index in [-0.39, 0.29) is 0 Å². The normalized spacial score (nSPS) is 15.1. The number of hydrogen-bond donors (Lipinski definition) is 1. The topological polar surface area (TPSA) is 38.1 Å². The first-order valence-electron chi connectivity index (χ1n) is 5.76. The first-order chi connectivity index (χ1) is 8.33. The molecule has 0 atom stereocenters. The van der Waals surface area contributed by atoms with Gasteiger partial charge in [0.25, 0.3) is 0 Å². The van der Waals surface area contributed by atoms with Crippen LogP contribution in [-0.2, 0) is 6.54 Å². The number of rotatable bonds is 4. The predicted molar refractivity (Wildman–Crippen MR) is 69.5 cm³/mol. The SMILES string of the molecule is Brc1cccc(-c2oncc2CNC2CC2)c1. The zero-order chi connectivity index (χ0) is 11.7. The van der Waals surface area contributed by atoms with E-state index in [4.69, 9.17) is 4.52 Å². The van der Waals surface area contributed by atoms with E-state index in [1.807, 2.05) is 24.3 Å². The first kappa shape index (κ1) is 11.0. The standard InChI is InChI=1S/C13H13BrN2O/c14-11-3-1-2-9(6-11)13-10(8-16-17-13)7-15-12-4-5-12/h1-3,6,8,12,15H,4-5,7H2. The third kappa shape index (κ3) is 2.58. The molecule has 1 saturated carbocycles. The molecule has 1 aromatic heterocycles. The minimum Gasteiger partial charge on any atom is -0.356 e. The van der Waals surface area contributed by atoms with Crippen LogP contribution in [0.5, 0.6) is 0 Å². The molecule has 2 aromatic rings. The zero-order valence-corrected chi connectivity index (χ0v) is 10.9. The van der Waals surface area contributed by atoms with Gasteiger partial charge in [-0.15, -0.1) is 0 Å². The van der Waals surface area contributed by atoms with E-state index in [1.54, 1.807) is 6.20 Å². The maximum Gasteiger partial charge on any atom is 0.171 e. The van der Waals surface area contributed by atoms with Crippen molar-refractivity contribution in [3.8, 4) is 11.3 Å². The molecule has 0 spiro atoms. The van der Waals surface area contributed by atoms with Crippen LogP contribution in [0.25, 0.3) is 11.3 Å². The lowest BCUT2D eigenvalue weighted by Crippen LogP contribution is -2.15. The van der Waals surface area contributed by atoms with Gasteiger partial charge in [-0.1, -0.05) is 33.2 Å². The van der Waals surface area contributed by atoms with Gasteiger partial charge < -0.3 is 9.84 Å². The van der Waals surface area contributed by atoms with Gasteiger partial charge in [0, 0.05) is 28.2 Å². The van der Waals surface area contributed by atoms with Crippen LogP contribution in [0.4, 0.5) is 0 Å². The molecular formula is C13H13BrN2O. The second-order valence-corrected chi connectivity index (χ2v) is 5.26. The molecule has 0 amide bonds. The third-order valence-corrected chi connectivity index (χ3v) is 3.38. The van der Waals surface area contributed by atoms with Crippen molar-refractivity contribution in [2.75, 3.05) is 0 Å². The van der Waals surface area contributed by atoms with Crippen LogP contribution < -0.4 is 5.32 Å². The molecule has 0 unspecified atom stereocenters. The number of hydrogen-bond acceptors (Lipinski definition) is 3. The van der Waals surface area contributed by atoms with Gasteiger partial charge in [0.05, 0.1) is 6.20 Å². The number of halogens is 1. The Morgan fingerprint density at radius 1 is 1.41 bits per heavy atom. The molecule has 3 rings (SSSR count). The molecule has 1 aliphatic carbocycles. The fourth-order valence-electron chi connectivity index (χ4n) is 1.80. The van der Waals surface area contributed by atoms with Crippen LogP contribution in [0.2, 0.25) is 0 Å². The van der Waals surface area contributed by atoms with Gasteiger partial charge in [-0.2, -0.15) is 0 Å². The van der Waals surface area contributed by atoms with E-state index in [0.29, 0.717) is 6.04 Å². The maximum atomic E-state index is 5.35. The van der Waals surface area contributed by atoms with E-state index in [1.165, 1.54) is 12.8 Å². The Hall–Kier alpha value is -1.13. The molecule has 1 heterocycles. The van der Waals surface area contributed by atoms with E-state index in [0.717, 1.165) is 27.9 Å². The van der Waals surface area contributed by atoms with Crippen molar-refractivity contribution in [3.05, 3.63) is 40.5 Å². The maximum absolute atomic E-state index is 5.35. The highest BCUT2D eigenvalue weighted by Crippen LogP contribution is 2.27. The number of nitrogens with zero attached hydrogens (tertiary/aromatic N) is 1. The Kier molecular flexibility index (Phi) is 2.99. The Labute approximate surface area is 108 Å². The summed E-state index contributed by atoms with van der Waals surface area (Å²) in [6.07, 6.45) is 4.38. The van der Waals surface area contributed by atoms with E-state index >= 15 is 0 Å². The van der Waals surface area contributed by atoms with Crippen molar-refractivity contribution >= 4 is 15.9 Å². The van der Waals surface area contributed by atoms with Crippen LogP contribution in [0, 0.1) is 0 Å². The van der Waals surface area contributed by atoms with Crippen molar-refractivity contribution in [1.29, 1.82) is 0 Å². The minimum absolute atomic E-state index is 0.695. The second-order valence-electron chi connectivity index (χ2n) is 4.35. The summed E-state index contributed by atoms with van der Waals surface area (Å²) in [5, 5.41) is 7.37. The third-order valence-electron chi connectivity index (χ3n) is 2.89. The number of aromatic nitrogens is 1. The summed E-state index contributed by atoms with van der Waals surface area (Å²) in [5.41, 5.74) is 2.18. The second kappa shape index (κ2) is 4.63. The van der Waals surface area contributed by atoms with Crippen molar-refractivity contribution in [1.82, 2.24) is 10.5 Å². The molecule has 1 fully saturated rings.